The highest BCUT2D eigenvalue weighted by atomic mass is 79.9. The highest BCUT2D eigenvalue weighted by Crippen LogP contribution is 2.28. The van der Waals surface area contributed by atoms with Crippen LogP contribution < -0.4 is 5.32 Å². The van der Waals surface area contributed by atoms with Crippen molar-refractivity contribution in [2.75, 3.05) is 11.1 Å². The predicted molar refractivity (Wildman–Crippen MR) is 95.9 cm³/mol. The van der Waals surface area contributed by atoms with Crippen molar-refractivity contribution in [2.24, 2.45) is 0 Å². The first-order valence-corrected chi connectivity index (χ1v) is 8.68. The molecular weight excluding hydrogens is 380 g/mol. The number of nitrogens with zero attached hydrogens (tertiary/aromatic N) is 1. The summed E-state index contributed by atoms with van der Waals surface area (Å²) >= 11 is 5.05. The second-order valence-electron chi connectivity index (χ2n) is 4.78. The van der Waals surface area contributed by atoms with Gasteiger partial charge in [-0.3, -0.25) is 14.9 Å². The van der Waals surface area contributed by atoms with Gasteiger partial charge in [0.15, 0.2) is 0 Å². The van der Waals surface area contributed by atoms with Crippen LogP contribution in [0.5, 0.6) is 0 Å². The third-order valence-electron chi connectivity index (χ3n) is 3.20. The molecule has 0 bridgehead atoms. The van der Waals surface area contributed by atoms with E-state index in [9.17, 15) is 14.9 Å². The first kappa shape index (κ1) is 17.5. The number of rotatable bonds is 6. The highest BCUT2D eigenvalue weighted by Gasteiger charge is 2.14. The Bertz CT molecular complexity index is 737. The van der Waals surface area contributed by atoms with Gasteiger partial charge in [-0.05, 0) is 41.1 Å². The summed E-state index contributed by atoms with van der Waals surface area (Å²) in [4.78, 5) is 23.5. The summed E-state index contributed by atoms with van der Waals surface area (Å²) in [7, 11) is 0. The molecule has 2 rings (SSSR count). The molecule has 2 aromatic rings. The lowest BCUT2D eigenvalue weighted by atomic mass is 10.1. The van der Waals surface area contributed by atoms with Gasteiger partial charge in [0.1, 0.15) is 0 Å². The number of thioether (sulfide) groups is 1. The molecule has 120 valence electrons. The van der Waals surface area contributed by atoms with Crippen LogP contribution in [0.15, 0.2) is 51.8 Å². The van der Waals surface area contributed by atoms with Crippen molar-refractivity contribution >= 4 is 45.0 Å². The number of nitro groups is 1. The zero-order valence-corrected chi connectivity index (χ0v) is 14.8. The Morgan fingerprint density at radius 3 is 2.70 bits per heavy atom. The van der Waals surface area contributed by atoms with Crippen molar-refractivity contribution in [1.29, 1.82) is 0 Å². The Balaban J connectivity index is 1.92. The SMILES string of the molecule is Cc1c(NC(=O)CCSc2ccccc2Br)cccc1[N+](=O)[O-]. The molecule has 0 heterocycles. The number of halogens is 1. The normalized spacial score (nSPS) is 10.3. The van der Waals surface area contributed by atoms with E-state index in [1.54, 1.807) is 30.8 Å². The zero-order chi connectivity index (χ0) is 16.8. The van der Waals surface area contributed by atoms with E-state index >= 15 is 0 Å². The van der Waals surface area contributed by atoms with E-state index in [0.717, 1.165) is 9.37 Å². The van der Waals surface area contributed by atoms with Gasteiger partial charge in [0.2, 0.25) is 5.91 Å². The van der Waals surface area contributed by atoms with Crippen LogP contribution in [0.1, 0.15) is 12.0 Å². The second kappa shape index (κ2) is 8.12. The molecule has 0 aromatic heterocycles. The predicted octanol–water partition coefficient (Wildman–Crippen LogP) is 4.79. The molecule has 0 aliphatic carbocycles. The molecule has 23 heavy (non-hydrogen) atoms. The second-order valence-corrected chi connectivity index (χ2v) is 6.77. The van der Waals surface area contributed by atoms with Gasteiger partial charge in [0, 0.05) is 27.6 Å². The molecule has 5 nitrogen and oxygen atoms in total. The Morgan fingerprint density at radius 2 is 2.00 bits per heavy atom. The summed E-state index contributed by atoms with van der Waals surface area (Å²) in [5, 5.41) is 13.6. The monoisotopic (exact) mass is 394 g/mol. The average molecular weight is 395 g/mol. The third-order valence-corrected chi connectivity index (χ3v) is 5.23. The first-order chi connectivity index (χ1) is 11.0. The van der Waals surface area contributed by atoms with Crippen LogP contribution in [0.3, 0.4) is 0 Å². The lowest BCUT2D eigenvalue weighted by Crippen LogP contribution is -2.13. The van der Waals surface area contributed by atoms with Crippen LogP contribution in [0.2, 0.25) is 0 Å². The lowest BCUT2D eigenvalue weighted by molar-refractivity contribution is -0.385. The quantitative estimate of drug-likeness (QED) is 0.434. The van der Waals surface area contributed by atoms with Gasteiger partial charge >= 0.3 is 0 Å². The van der Waals surface area contributed by atoms with Crippen LogP contribution >= 0.6 is 27.7 Å². The third kappa shape index (κ3) is 4.80. The van der Waals surface area contributed by atoms with E-state index in [2.05, 4.69) is 21.2 Å². The van der Waals surface area contributed by atoms with Crippen LogP contribution in [0.25, 0.3) is 0 Å². The molecule has 2 aromatic carbocycles. The van der Waals surface area contributed by atoms with E-state index in [1.165, 1.54) is 6.07 Å². The minimum atomic E-state index is -0.451. The van der Waals surface area contributed by atoms with E-state index in [-0.39, 0.29) is 11.6 Å². The fourth-order valence-electron chi connectivity index (χ4n) is 1.98. The van der Waals surface area contributed by atoms with E-state index in [1.807, 2.05) is 24.3 Å². The molecule has 0 saturated carbocycles. The average Bonchev–Trinajstić information content (AvgIpc) is 2.51. The van der Waals surface area contributed by atoms with E-state index in [4.69, 9.17) is 0 Å². The fraction of sp³-hybridized carbons (Fsp3) is 0.188. The van der Waals surface area contributed by atoms with Gasteiger partial charge < -0.3 is 5.32 Å². The van der Waals surface area contributed by atoms with Crippen LogP contribution in [-0.4, -0.2) is 16.6 Å². The van der Waals surface area contributed by atoms with Gasteiger partial charge in [-0.2, -0.15) is 0 Å². The van der Waals surface area contributed by atoms with Crippen molar-refractivity contribution in [3.05, 3.63) is 62.6 Å². The number of hydrogen-bond acceptors (Lipinski definition) is 4. The number of amides is 1. The van der Waals surface area contributed by atoms with Crippen molar-refractivity contribution in [3.8, 4) is 0 Å². The first-order valence-electron chi connectivity index (χ1n) is 6.90. The summed E-state index contributed by atoms with van der Waals surface area (Å²) in [6.07, 6.45) is 0.328. The van der Waals surface area contributed by atoms with Gasteiger partial charge in [0.05, 0.1) is 16.2 Å². The van der Waals surface area contributed by atoms with Gasteiger partial charge in [-0.15, -0.1) is 11.8 Å². The molecule has 0 saturated heterocycles. The number of carbonyl (C=O) groups is 1. The number of carbonyl (C=O) groups excluding carboxylic acids is 1. The highest BCUT2D eigenvalue weighted by molar-refractivity contribution is 9.10. The molecule has 1 N–H and O–H groups in total. The van der Waals surface area contributed by atoms with Crippen molar-refractivity contribution in [3.63, 3.8) is 0 Å². The molecule has 7 heteroatoms. The lowest BCUT2D eigenvalue weighted by Gasteiger charge is -2.09. The van der Waals surface area contributed by atoms with Gasteiger partial charge in [-0.1, -0.05) is 18.2 Å². The molecule has 0 fully saturated rings. The van der Waals surface area contributed by atoms with Gasteiger partial charge in [-0.25, -0.2) is 0 Å². The molecule has 0 unspecified atom stereocenters. The molecule has 0 atom stereocenters. The minimum Gasteiger partial charge on any atom is -0.326 e. The number of hydrogen-bond donors (Lipinski definition) is 1. The van der Waals surface area contributed by atoms with Crippen molar-refractivity contribution < 1.29 is 9.72 Å². The van der Waals surface area contributed by atoms with E-state index < -0.39 is 4.92 Å². The number of nitro benzene ring substituents is 1. The summed E-state index contributed by atoms with van der Waals surface area (Å²) in [6.45, 7) is 1.63. The largest absolute Gasteiger partial charge is 0.326 e. The summed E-state index contributed by atoms with van der Waals surface area (Å²) in [5.41, 5.74) is 0.949. The molecule has 1 amide bonds. The smallest absolute Gasteiger partial charge is 0.274 e. The Morgan fingerprint density at radius 1 is 1.26 bits per heavy atom. The molecule has 0 aliphatic rings. The number of benzene rings is 2. The number of anilines is 1. The van der Waals surface area contributed by atoms with Gasteiger partial charge in [0.25, 0.3) is 5.69 Å². The maximum atomic E-state index is 12.0. The maximum absolute atomic E-state index is 12.0. The standard InChI is InChI=1S/C16H15BrN2O3S/c1-11-13(6-4-7-14(11)19(21)22)18-16(20)9-10-23-15-8-3-2-5-12(15)17/h2-8H,9-10H2,1H3,(H,18,20). The van der Waals surface area contributed by atoms with E-state index in [0.29, 0.717) is 23.4 Å². The Hall–Kier alpha value is -1.86. The zero-order valence-electron chi connectivity index (χ0n) is 12.4. The summed E-state index contributed by atoms with van der Waals surface area (Å²) in [6, 6.07) is 12.5. The summed E-state index contributed by atoms with van der Waals surface area (Å²) < 4.78 is 1.000. The maximum Gasteiger partial charge on any atom is 0.274 e. The van der Waals surface area contributed by atoms with Crippen LogP contribution in [0.4, 0.5) is 11.4 Å². The fourth-order valence-corrected chi connectivity index (χ4v) is 3.50. The topological polar surface area (TPSA) is 72.2 Å². The molecule has 0 radical (unpaired) electrons. The molecule has 0 aliphatic heterocycles. The van der Waals surface area contributed by atoms with Crippen LogP contribution in [-0.2, 0) is 4.79 Å². The Kier molecular flexibility index (Phi) is 6.18. The molecular formula is C16H15BrN2O3S. The van der Waals surface area contributed by atoms with Crippen LogP contribution in [0, 0.1) is 17.0 Å². The summed E-state index contributed by atoms with van der Waals surface area (Å²) in [5.74, 6) is 0.468. The number of nitrogens with one attached hydrogen (secondary N) is 1. The van der Waals surface area contributed by atoms with Crippen molar-refractivity contribution in [2.45, 2.75) is 18.2 Å². The van der Waals surface area contributed by atoms with Crippen molar-refractivity contribution in [1.82, 2.24) is 0 Å². The Labute approximate surface area is 146 Å². The minimum absolute atomic E-state index is 0.00499. The molecule has 0 spiro atoms.